The van der Waals surface area contributed by atoms with Crippen molar-refractivity contribution in [1.82, 2.24) is 20.6 Å². The summed E-state index contributed by atoms with van der Waals surface area (Å²) in [5.74, 6) is 2.15. The summed E-state index contributed by atoms with van der Waals surface area (Å²) in [6.45, 7) is 12.6. The van der Waals surface area contributed by atoms with Gasteiger partial charge in [-0.2, -0.15) is 4.98 Å². The SMILES string of the molecule is Cc1noc(C)c1C(C)NCc1nc(C(C)(C)C)no1. The van der Waals surface area contributed by atoms with Crippen molar-refractivity contribution < 1.29 is 9.05 Å². The van der Waals surface area contributed by atoms with Gasteiger partial charge in [0.2, 0.25) is 5.89 Å². The largest absolute Gasteiger partial charge is 0.361 e. The van der Waals surface area contributed by atoms with Gasteiger partial charge in [0.25, 0.3) is 0 Å². The van der Waals surface area contributed by atoms with Gasteiger partial charge in [0.15, 0.2) is 5.82 Å². The second-order valence-corrected chi connectivity index (χ2v) is 6.10. The van der Waals surface area contributed by atoms with Gasteiger partial charge in [0, 0.05) is 17.0 Å². The van der Waals surface area contributed by atoms with Crippen molar-refractivity contribution in [3.63, 3.8) is 0 Å². The van der Waals surface area contributed by atoms with Gasteiger partial charge < -0.3 is 14.4 Å². The Morgan fingerprint density at radius 1 is 1.15 bits per heavy atom. The molecule has 1 N–H and O–H groups in total. The summed E-state index contributed by atoms with van der Waals surface area (Å²) in [5, 5.41) is 11.3. The summed E-state index contributed by atoms with van der Waals surface area (Å²) in [6, 6.07) is 0.117. The van der Waals surface area contributed by atoms with E-state index in [1.807, 2.05) is 13.8 Å². The Bertz CT molecular complexity index is 561. The summed E-state index contributed by atoms with van der Waals surface area (Å²) < 4.78 is 10.4. The highest BCUT2D eigenvalue weighted by atomic mass is 16.5. The second-order valence-electron chi connectivity index (χ2n) is 6.10. The molecular formula is C14H22N4O2. The molecule has 1 atom stereocenters. The fourth-order valence-corrected chi connectivity index (χ4v) is 2.08. The molecule has 0 aliphatic rings. The minimum absolute atomic E-state index is 0.102. The van der Waals surface area contributed by atoms with Crippen molar-refractivity contribution >= 4 is 0 Å². The average Bonchev–Trinajstić information content (AvgIpc) is 2.93. The quantitative estimate of drug-likeness (QED) is 0.926. The van der Waals surface area contributed by atoms with Crippen LogP contribution < -0.4 is 5.32 Å². The van der Waals surface area contributed by atoms with Crippen LogP contribution >= 0.6 is 0 Å². The molecule has 0 aliphatic carbocycles. The molecule has 2 aromatic heterocycles. The maximum atomic E-state index is 5.26. The Morgan fingerprint density at radius 2 is 1.85 bits per heavy atom. The maximum Gasteiger partial charge on any atom is 0.240 e. The van der Waals surface area contributed by atoms with Crippen LogP contribution in [0.3, 0.4) is 0 Å². The van der Waals surface area contributed by atoms with Crippen LogP contribution in [0.1, 0.15) is 62.5 Å². The van der Waals surface area contributed by atoms with Crippen molar-refractivity contribution in [2.75, 3.05) is 0 Å². The summed E-state index contributed by atoms with van der Waals surface area (Å²) in [5.41, 5.74) is 1.89. The zero-order valence-corrected chi connectivity index (χ0v) is 12.9. The lowest BCUT2D eigenvalue weighted by molar-refractivity contribution is 0.348. The van der Waals surface area contributed by atoms with Crippen molar-refractivity contribution in [3.05, 3.63) is 28.7 Å². The molecule has 0 saturated heterocycles. The Balaban J connectivity index is 2.01. The molecule has 0 amide bonds. The van der Waals surface area contributed by atoms with Gasteiger partial charge >= 0.3 is 0 Å². The predicted molar refractivity (Wildman–Crippen MR) is 74.2 cm³/mol. The Labute approximate surface area is 118 Å². The van der Waals surface area contributed by atoms with Gasteiger partial charge in [-0.15, -0.1) is 0 Å². The highest BCUT2D eigenvalue weighted by molar-refractivity contribution is 5.24. The summed E-state index contributed by atoms with van der Waals surface area (Å²) in [6.07, 6.45) is 0. The van der Waals surface area contributed by atoms with Crippen LogP contribution in [0.5, 0.6) is 0 Å². The van der Waals surface area contributed by atoms with Crippen LogP contribution in [-0.2, 0) is 12.0 Å². The summed E-state index contributed by atoms with van der Waals surface area (Å²) in [4.78, 5) is 4.40. The Morgan fingerprint density at radius 3 is 2.35 bits per heavy atom. The lowest BCUT2D eigenvalue weighted by Gasteiger charge is -2.12. The monoisotopic (exact) mass is 278 g/mol. The molecule has 6 heteroatoms. The number of aromatic nitrogens is 3. The van der Waals surface area contributed by atoms with Crippen molar-refractivity contribution in [1.29, 1.82) is 0 Å². The van der Waals surface area contributed by atoms with Crippen molar-refractivity contribution in [2.45, 2.75) is 59.5 Å². The van der Waals surface area contributed by atoms with Gasteiger partial charge in [-0.05, 0) is 20.8 Å². The van der Waals surface area contributed by atoms with E-state index in [9.17, 15) is 0 Å². The first kappa shape index (κ1) is 14.7. The third-order valence-corrected chi connectivity index (χ3v) is 3.22. The molecule has 0 aliphatic heterocycles. The molecule has 2 rings (SSSR count). The fraction of sp³-hybridized carbons (Fsp3) is 0.643. The van der Waals surface area contributed by atoms with Gasteiger partial charge in [-0.25, -0.2) is 0 Å². The van der Waals surface area contributed by atoms with Crippen molar-refractivity contribution in [3.8, 4) is 0 Å². The second kappa shape index (κ2) is 5.36. The van der Waals surface area contributed by atoms with Gasteiger partial charge in [-0.1, -0.05) is 31.1 Å². The number of hydrogen-bond donors (Lipinski definition) is 1. The van der Waals surface area contributed by atoms with Crippen LogP contribution in [0.2, 0.25) is 0 Å². The van der Waals surface area contributed by atoms with Crippen LogP contribution in [0.15, 0.2) is 9.05 Å². The average molecular weight is 278 g/mol. The smallest absolute Gasteiger partial charge is 0.240 e. The molecule has 0 saturated carbocycles. The molecule has 0 bridgehead atoms. The first-order valence-electron chi connectivity index (χ1n) is 6.78. The molecule has 2 heterocycles. The van der Waals surface area contributed by atoms with E-state index in [0.717, 1.165) is 22.8 Å². The molecule has 0 fully saturated rings. The molecule has 1 unspecified atom stereocenters. The molecule has 110 valence electrons. The van der Waals surface area contributed by atoms with Crippen molar-refractivity contribution in [2.24, 2.45) is 0 Å². The summed E-state index contributed by atoms with van der Waals surface area (Å²) >= 11 is 0. The lowest BCUT2D eigenvalue weighted by Crippen LogP contribution is -2.19. The third kappa shape index (κ3) is 3.07. The lowest BCUT2D eigenvalue weighted by atomic mass is 9.96. The number of nitrogens with zero attached hydrogens (tertiary/aromatic N) is 3. The van der Waals surface area contributed by atoms with E-state index in [0.29, 0.717) is 12.4 Å². The van der Waals surface area contributed by atoms with Gasteiger partial charge in [0.1, 0.15) is 5.76 Å². The number of rotatable bonds is 4. The van der Waals surface area contributed by atoms with Crippen LogP contribution in [0, 0.1) is 13.8 Å². The topological polar surface area (TPSA) is 77.0 Å². The van der Waals surface area contributed by atoms with E-state index >= 15 is 0 Å². The van der Waals surface area contributed by atoms with E-state index in [4.69, 9.17) is 9.05 Å². The number of aryl methyl sites for hydroxylation is 2. The standard InChI is InChI=1S/C14H22N4O2/c1-8(12-9(2)17-19-10(12)3)15-7-11-16-13(18-20-11)14(4,5)6/h8,15H,7H2,1-6H3. The van der Waals surface area contributed by atoms with Gasteiger partial charge in [-0.3, -0.25) is 0 Å². The fourth-order valence-electron chi connectivity index (χ4n) is 2.08. The first-order chi connectivity index (χ1) is 9.29. The Hall–Kier alpha value is -1.69. The van der Waals surface area contributed by atoms with Crippen LogP contribution in [-0.4, -0.2) is 15.3 Å². The third-order valence-electron chi connectivity index (χ3n) is 3.22. The van der Waals surface area contributed by atoms with Crippen LogP contribution in [0.4, 0.5) is 0 Å². The van der Waals surface area contributed by atoms with Gasteiger partial charge in [0.05, 0.1) is 12.2 Å². The van der Waals surface area contributed by atoms with E-state index in [1.54, 1.807) is 0 Å². The summed E-state index contributed by atoms with van der Waals surface area (Å²) in [7, 11) is 0. The zero-order valence-electron chi connectivity index (χ0n) is 12.9. The van der Waals surface area contributed by atoms with E-state index in [2.05, 4.69) is 48.3 Å². The highest BCUT2D eigenvalue weighted by Crippen LogP contribution is 2.22. The minimum Gasteiger partial charge on any atom is -0.361 e. The first-order valence-corrected chi connectivity index (χ1v) is 6.78. The molecule has 0 spiro atoms. The molecule has 20 heavy (non-hydrogen) atoms. The minimum atomic E-state index is -0.102. The number of hydrogen-bond acceptors (Lipinski definition) is 6. The number of nitrogens with one attached hydrogen (secondary N) is 1. The van der Waals surface area contributed by atoms with E-state index < -0.39 is 0 Å². The predicted octanol–water partition coefficient (Wildman–Crippen LogP) is 2.82. The van der Waals surface area contributed by atoms with E-state index in [-0.39, 0.29) is 11.5 Å². The normalized spacial score (nSPS) is 13.7. The Kier molecular flexibility index (Phi) is 3.94. The van der Waals surface area contributed by atoms with E-state index in [1.165, 1.54) is 0 Å². The molecule has 0 radical (unpaired) electrons. The van der Waals surface area contributed by atoms with Crippen LogP contribution in [0.25, 0.3) is 0 Å². The highest BCUT2D eigenvalue weighted by Gasteiger charge is 2.21. The molecule has 0 aromatic carbocycles. The zero-order chi connectivity index (χ0) is 14.9. The molecule has 2 aromatic rings. The molecule has 6 nitrogen and oxygen atoms in total. The maximum absolute atomic E-state index is 5.26. The molecular weight excluding hydrogens is 256 g/mol.